The van der Waals surface area contributed by atoms with E-state index in [0.29, 0.717) is 0 Å². The number of aromatic carboxylic acids is 1. The topological polar surface area (TPSA) is 46.5 Å². The minimum atomic E-state index is -5.17. The van der Waals surface area contributed by atoms with E-state index in [1.165, 1.54) is 0 Å². The van der Waals surface area contributed by atoms with Crippen molar-refractivity contribution in [2.45, 2.75) is 12.4 Å². The first kappa shape index (κ1) is 15.1. The molecule has 0 heterocycles. The van der Waals surface area contributed by atoms with Gasteiger partial charge in [0.1, 0.15) is 11.3 Å². The maximum absolute atomic E-state index is 12.6. The lowest BCUT2D eigenvalue weighted by Crippen LogP contribution is -2.15. The molecule has 19 heavy (non-hydrogen) atoms. The van der Waals surface area contributed by atoms with Gasteiger partial charge in [0.05, 0.1) is 18.2 Å². The zero-order chi connectivity index (χ0) is 15.0. The molecule has 3 nitrogen and oxygen atoms in total. The van der Waals surface area contributed by atoms with Crippen molar-refractivity contribution in [3.8, 4) is 5.75 Å². The van der Waals surface area contributed by atoms with E-state index in [2.05, 4.69) is 4.74 Å². The van der Waals surface area contributed by atoms with E-state index in [9.17, 15) is 31.1 Å². The maximum Gasteiger partial charge on any atom is 0.420 e. The standard InChI is InChI=1S/C10H6F6O3/c1-19-7-5(8(17)18)2-4(9(11,12)13)3-6(7)10(14,15)16/h2-3H,1H3,(H,17,18). The van der Waals surface area contributed by atoms with Crippen molar-refractivity contribution in [1.82, 2.24) is 0 Å². The number of rotatable bonds is 2. The lowest BCUT2D eigenvalue weighted by atomic mass is 10.0. The molecule has 0 aliphatic carbocycles. The molecular weight excluding hydrogens is 282 g/mol. The molecule has 0 amide bonds. The van der Waals surface area contributed by atoms with E-state index in [-0.39, 0.29) is 12.1 Å². The van der Waals surface area contributed by atoms with E-state index in [4.69, 9.17) is 5.11 Å². The van der Waals surface area contributed by atoms with Gasteiger partial charge in [0.15, 0.2) is 0 Å². The van der Waals surface area contributed by atoms with Crippen LogP contribution >= 0.6 is 0 Å². The molecule has 0 saturated carbocycles. The van der Waals surface area contributed by atoms with Crippen LogP contribution in [0.15, 0.2) is 12.1 Å². The lowest BCUT2D eigenvalue weighted by molar-refractivity contribution is -0.143. The normalized spacial score (nSPS) is 12.4. The van der Waals surface area contributed by atoms with Crippen LogP contribution < -0.4 is 4.74 Å². The summed E-state index contributed by atoms with van der Waals surface area (Å²) in [4.78, 5) is 10.7. The van der Waals surface area contributed by atoms with Crippen LogP contribution in [0.5, 0.6) is 5.75 Å². The van der Waals surface area contributed by atoms with Crippen molar-refractivity contribution in [3.05, 3.63) is 28.8 Å². The van der Waals surface area contributed by atoms with Crippen LogP contribution in [0.2, 0.25) is 0 Å². The summed E-state index contributed by atoms with van der Waals surface area (Å²) in [5.41, 5.74) is -4.70. The second-order valence-electron chi connectivity index (χ2n) is 3.41. The summed E-state index contributed by atoms with van der Waals surface area (Å²) in [6.07, 6.45) is -10.3. The average Bonchev–Trinajstić information content (AvgIpc) is 2.24. The Balaban J connectivity index is 3.70. The minimum Gasteiger partial charge on any atom is -0.495 e. The largest absolute Gasteiger partial charge is 0.495 e. The number of halogens is 6. The van der Waals surface area contributed by atoms with Crippen LogP contribution in [0.3, 0.4) is 0 Å². The number of alkyl halides is 6. The molecule has 0 bridgehead atoms. The first-order chi connectivity index (χ1) is 8.48. The highest BCUT2D eigenvalue weighted by atomic mass is 19.4. The molecule has 0 fully saturated rings. The molecule has 1 rings (SSSR count). The Labute approximate surface area is 102 Å². The van der Waals surface area contributed by atoms with Gasteiger partial charge >= 0.3 is 18.3 Å². The molecule has 0 aliphatic heterocycles. The summed E-state index contributed by atoms with van der Waals surface area (Å²) in [7, 11) is 0.740. The van der Waals surface area contributed by atoms with Crippen molar-refractivity contribution < 1.29 is 41.0 Å². The number of carboxylic acid groups (broad SMARTS) is 1. The van der Waals surface area contributed by atoms with Gasteiger partial charge in [-0.2, -0.15) is 26.3 Å². The fraction of sp³-hybridized carbons (Fsp3) is 0.300. The molecule has 0 aromatic heterocycles. The Kier molecular flexibility index (Phi) is 3.69. The minimum absolute atomic E-state index is 0.0937. The number of carbonyl (C=O) groups is 1. The monoisotopic (exact) mass is 288 g/mol. The first-order valence-electron chi connectivity index (χ1n) is 4.58. The van der Waals surface area contributed by atoms with Crippen molar-refractivity contribution >= 4 is 5.97 Å². The Morgan fingerprint density at radius 3 is 1.95 bits per heavy atom. The molecule has 1 N–H and O–H groups in total. The highest BCUT2D eigenvalue weighted by Crippen LogP contribution is 2.42. The quantitative estimate of drug-likeness (QED) is 0.848. The predicted octanol–water partition coefficient (Wildman–Crippen LogP) is 3.43. The second-order valence-corrected chi connectivity index (χ2v) is 3.41. The van der Waals surface area contributed by atoms with Gasteiger partial charge in [0.2, 0.25) is 0 Å². The van der Waals surface area contributed by atoms with Crippen molar-refractivity contribution in [2.75, 3.05) is 7.11 Å². The third-order valence-corrected chi connectivity index (χ3v) is 2.16. The highest BCUT2D eigenvalue weighted by Gasteiger charge is 2.41. The Bertz CT molecular complexity index is 503. The van der Waals surface area contributed by atoms with Crippen LogP contribution in [0.1, 0.15) is 21.5 Å². The number of benzene rings is 1. The first-order valence-corrected chi connectivity index (χ1v) is 4.58. The Morgan fingerprint density at radius 1 is 1.11 bits per heavy atom. The molecule has 0 saturated heterocycles. The van der Waals surface area contributed by atoms with Gasteiger partial charge in [-0.1, -0.05) is 0 Å². The number of hydrogen-bond donors (Lipinski definition) is 1. The average molecular weight is 288 g/mol. The highest BCUT2D eigenvalue weighted by molar-refractivity contribution is 5.92. The molecule has 9 heteroatoms. The van der Waals surface area contributed by atoms with E-state index in [1.807, 2.05) is 0 Å². The molecule has 0 atom stereocenters. The number of carboxylic acids is 1. The van der Waals surface area contributed by atoms with Gasteiger partial charge in [-0.25, -0.2) is 4.79 Å². The third kappa shape index (κ3) is 3.09. The summed E-state index contributed by atoms with van der Waals surface area (Å²) < 4.78 is 79.4. The molecule has 0 aliphatic rings. The summed E-state index contributed by atoms with van der Waals surface area (Å²) in [6, 6.07) is -0.0956. The summed E-state index contributed by atoms with van der Waals surface area (Å²) in [5.74, 6) is -3.11. The molecule has 1 aromatic rings. The molecule has 0 radical (unpaired) electrons. The summed E-state index contributed by atoms with van der Waals surface area (Å²) in [6.45, 7) is 0. The Hall–Kier alpha value is -1.93. The lowest BCUT2D eigenvalue weighted by Gasteiger charge is -2.17. The maximum atomic E-state index is 12.6. The van der Waals surface area contributed by atoms with Gasteiger partial charge in [0.25, 0.3) is 0 Å². The van der Waals surface area contributed by atoms with Gasteiger partial charge in [-0.3, -0.25) is 0 Å². The molecule has 1 aromatic carbocycles. The number of methoxy groups -OCH3 is 1. The van der Waals surface area contributed by atoms with Crippen LogP contribution in [-0.2, 0) is 12.4 Å². The van der Waals surface area contributed by atoms with Crippen molar-refractivity contribution in [2.24, 2.45) is 0 Å². The van der Waals surface area contributed by atoms with Crippen LogP contribution in [0, 0.1) is 0 Å². The summed E-state index contributed by atoms with van der Waals surface area (Å²) in [5, 5.41) is 8.66. The van der Waals surface area contributed by atoms with Crippen molar-refractivity contribution in [1.29, 1.82) is 0 Å². The molecule has 106 valence electrons. The van der Waals surface area contributed by atoms with Crippen molar-refractivity contribution in [3.63, 3.8) is 0 Å². The predicted molar refractivity (Wildman–Crippen MR) is 50.0 cm³/mol. The summed E-state index contributed by atoms with van der Waals surface area (Å²) >= 11 is 0. The van der Waals surface area contributed by atoms with E-state index >= 15 is 0 Å². The number of hydrogen-bond acceptors (Lipinski definition) is 2. The molecule has 0 spiro atoms. The fourth-order valence-corrected chi connectivity index (χ4v) is 1.38. The zero-order valence-corrected chi connectivity index (χ0v) is 9.19. The second kappa shape index (κ2) is 4.63. The fourth-order valence-electron chi connectivity index (χ4n) is 1.38. The van der Waals surface area contributed by atoms with Gasteiger partial charge in [-0.05, 0) is 12.1 Å². The van der Waals surface area contributed by atoms with E-state index < -0.39 is 40.8 Å². The van der Waals surface area contributed by atoms with E-state index in [1.54, 1.807) is 0 Å². The molecule has 0 unspecified atom stereocenters. The van der Waals surface area contributed by atoms with E-state index in [0.717, 1.165) is 7.11 Å². The Morgan fingerprint density at radius 2 is 1.63 bits per heavy atom. The van der Waals surface area contributed by atoms with Gasteiger partial charge < -0.3 is 9.84 Å². The SMILES string of the molecule is COc1c(C(=O)O)cc(C(F)(F)F)cc1C(F)(F)F. The van der Waals surface area contributed by atoms with Crippen LogP contribution in [0.4, 0.5) is 26.3 Å². The van der Waals surface area contributed by atoms with Gasteiger partial charge in [0, 0.05) is 0 Å². The molecular formula is C10H6F6O3. The smallest absolute Gasteiger partial charge is 0.420 e. The zero-order valence-electron chi connectivity index (χ0n) is 9.19. The van der Waals surface area contributed by atoms with Crippen LogP contribution in [0.25, 0.3) is 0 Å². The van der Waals surface area contributed by atoms with Gasteiger partial charge in [-0.15, -0.1) is 0 Å². The third-order valence-electron chi connectivity index (χ3n) is 2.16. The van der Waals surface area contributed by atoms with Crippen LogP contribution in [-0.4, -0.2) is 18.2 Å². The number of ether oxygens (including phenoxy) is 1.